The summed E-state index contributed by atoms with van der Waals surface area (Å²) in [6.07, 6.45) is 1.87. The van der Waals surface area contributed by atoms with Gasteiger partial charge in [-0.1, -0.05) is 57.0 Å². The van der Waals surface area contributed by atoms with Gasteiger partial charge >= 0.3 is 17.4 Å². The first-order valence-corrected chi connectivity index (χ1v) is 6.68. The standard InChI is InChI=1S/C18H18N.2ClH.Cr/c1-11-12(2)14(4)17(13(11)3)16-9-5-7-15-8-6-10-19-18(15)16;;;/h5-10H,1-4H3;2*1H;/q-1;;;+3/p-2. The number of para-hydroxylation sites is 1. The van der Waals surface area contributed by atoms with Crippen LogP contribution in [0.2, 0.25) is 0 Å². The van der Waals surface area contributed by atoms with Gasteiger partial charge in [-0.15, -0.1) is 28.3 Å². The van der Waals surface area contributed by atoms with Crippen molar-refractivity contribution in [3.05, 3.63) is 58.8 Å². The van der Waals surface area contributed by atoms with Crippen LogP contribution in [0.4, 0.5) is 0 Å². The molecule has 115 valence electrons. The van der Waals surface area contributed by atoms with Crippen LogP contribution in [0.25, 0.3) is 22.0 Å². The van der Waals surface area contributed by atoms with Gasteiger partial charge in [0.25, 0.3) is 0 Å². The predicted molar refractivity (Wildman–Crippen MR) is 81.7 cm³/mol. The van der Waals surface area contributed by atoms with Gasteiger partial charge in [-0.25, -0.2) is 0 Å². The Labute approximate surface area is 155 Å². The topological polar surface area (TPSA) is 12.9 Å². The Kier molecular flexibility index (Phi) is 7.75. The van der Waals surface area contributed by atoms with Crippen LogP contribution in [0.3, 0.4) is 0 Å². The van der Waals surface area contributed by atoms with Crippen LogP contribution in [-0.4, -0.2) is 4.98 Å². The Morgan fingerprint density at radius 3 is 1.95 bits per heavy atom. The Morgan fingerprint density at radius 2 is 1.36 bits per heavy atom. The summed E-state index contributed by atoms with van der Waals surface area (Å²) in [6, 6.07) is 10.5. The molecule has 0 aliphatic rings. The minimum Gasteiger partial charge on any atom is -1.00 e. The molecule has 0 atom stereocenters. The van der Waals surface area contributed by atoms with E-state index in [1.807, 2.05) is 12.3 Å². The van der Waals surface area contributed by atoms with E-state index in [2.05, 4.69) is 56.9 Å². The van der Waals surface area contributed by atoms with E-state index in [4.69, 9.17) is 0 Å². The van der Waals surface area contributed by atoms with E-state index in [-0.39, 0.29) is 42.2 Å². The van der Waals surface area contributed by atoms with Crippen molar-refractivity contribution in [2.75, 3.05) is 0 Å². The first-order chi connectivity index (χ1) is 9.11. The van der Waals surface area contributed by atoms with Gasteiger partial charge in [-0.05, 0) is 11.5 Å². The Bertz CT molecular complexity index is 747. The second kappa shape index (κ2) is 8.09. The molecule has 1 aromatic heterocycles. The summed E-state index contributed by atoms with van der Waals surface area (Å²) in [4.78, 5) is 4.58. The SMILES string of the molecule is Cc1c(C)c(C)[c-](-c2cccc3cccnc23)c1C.[Cl-].[Cl-].[Cr+3]. The zero-order valence-corrected chi connectivity index (χ0v) is 15.9. The van der Waals surface area contributed by atoms with E-state index in [0.29, 0.717) is 0 Å². The minimum atomic E-state index is 0. The maximum absolute atomic E-state index is 4.58. The van der Waals surface area contributed by atoms with Crippen LogP contribution in [0, 0.1) is 27.7 Å². The molecule has 3 aromatic rings. The zero-order chi connectivity index (χ0) is 13.6. The predicted octanol–water partition coefficient (Wildman–Crippen LogP) is -1.14. The molecule has 22 heavy (non-hydrogen) atoms. The summed E-state index contributed by atoms with van der Waals surface area (Å²) >= 11 is 0. The van der Waals surface area contributed by atoms with E-state index >= 15 is 0 Å². The molecule has 0 amide bonds. The number of rotatable bonds is 1. The molecule has 0 fully saturated rings. The van der Waals surface area contributed by atoms with Crippen molar-refractivity contribution in [1.29, 1.82) is 0 Å². The van der Waals surface area contributed by atoms with Crippen molar-refractivity contribution in [3.63, 3.8) is 0 Å². The van der Waals surface area contributed by atoms with Crippen LogP contribution < -0.4 is 24.8 Å². The van der Waals surface area contributed by atoms with E-state index in [1.165, 1.54) is 38.8 Å². The molecule has 0 unspecified atom stereocenters. The van der Waals surface area contributed by atoms with Gasteiger partial charge in [0.1, 0.15) is 0 Å². The molecule has 0 saturated heterocycles. The number of pyridine rings is 1. The molecule has 0 bridgehead atoms. The number of hydrogen-bond donors (Lipinski definition) is 0. The number of fused-ring (bicyclic) bond motifs is 1. The summed E-state index contributed by atoms with van der Waals surface area (Å²) in [5, 5.41) is 1.20. The third-order valence-electron chi connectivity index (χ3n) is 4.34. The fourth-order valence-electron chi connectivity index (χ4n) is 2.93. The molecular weight excluding hydrogens is 353 g/mol. The summed E-state index contributed by atoms with van der Waals surface area (Å²) in [6.45, 7) is 8.85. The second-order valence-electron chi connectivity index (χ2n) is 5.26. The van der Waals surface area contributed by atoms with Crippen LogP contribution in [0.15, 0.2) is 36.5 Å². The first kappa shape index (κ1) is 21.1. The van der Waals surface area contributed by atoms with E-state index in [9.17, 15) is 0 Å². The summed E-state index contributed by atoms with van der Waals surface area (Å²) in [5.74, 6) is 0. The molecule has 0 N–H and O–H groups in total. The van der Waals surface area contributed by atoms with E-state index in [1.54, 1.807) is 0 Å². The molecule has 3 rings (SSSR count). The van der Waals surface area contributed by atoms with Gasteiger partial charge < -0.3 is 24.8 Å². The molecule has 0 spiro atoms. The molecule has 0 aliphatic carbocycles. The van der Waals surface area contributed by atoms with Crippen molar-refractivity contribution in [1.82, 2.24) is 4.98 Å². The Balaban J connectivity index is 0.00000147. The van der Waals surface area contributed by atoms with Crippen molar-refractivity contribution >= 4 is 10.9 Å². The fraction of sp³-hybridized carbons (Fsp3) is 0.222. The fourth-order valence-corrected chi connectivity index (χ4v) is 2.93. The van der Waals surface area contributed by atoms with Gasteiger partial charge in [0.15, 0.2) is 0 Å². The number of aromatic nitrogens is 1. The molecule has 4 heteroatoms. The Morgan fingerprint density at radius 1 is 0.818 bits per heavy atom. The first-order valence-electron chi connectivity index (χ1n) is 6.68. The number of benzene rings is 1. The van der Waals surface area contributed by atoms with E-state index < -0.39 is 0 Å². The summed E-state index contributed by atoms with van der Waals surface area (Å²) in [7, 11) is 0. The van der Waals surface area contributed by atoms with Crippen LogP contribution in [0.1, 0.15) is 22.3 Å². The number of hydrogen-bond acceptors (Lipinski definition) is 1. The van der Waals surface area contributed by atoms with Crippen LogP contribution >= 0.6 is 0 Å². The Hall–Kier alpha value is -0.908. The average Bonchev–Trinajstić information content (AvgIpc) is 2.63. The van der Waals surface area contributed by atoms with Crippen LogP contribution in [0.5, 0.6) is 0 Å². The molecule has 1 radical (unpaired) electrons. The van der Waals surface area contributed by atoms with Gasteiger partial charge in [0, 0.05) is 11.7 Å². The monoisotopic (exact) mass is 370 g/mol. The summed E-state index contributed by atoms with van der Waals surface area (Å²) < 4.78 is 0. The normalized spacial score (nSPS) is 9.64. The van der Waals surface area contributed by atoms with Gasteiger partial charge in [0.2, 0.25) is 0 Å². The number of halogens is 2. The molecule has 0 aliphatic heterocycles. The third kappa shape index (κ3) is 3.21. The molecule has 0 saturated carbocycles. The molecular formula is C18H18Cl2CrN. The third-order valence-corrected chi connectivity index (χ3v) is 4.34. The van der Waals surface area contributed by atoms with Crippen molar-refractivity contribution < 1.29 is 42.2 Å². The molecule has 1 heterocycles. The maximum atomic E-state index is 4.58. The van der Waals surface area contributed by atoms with Crippen molar-refractivity contribution in [3.8, 4) is 11.1 Å². The molecule has 1 nitrogen and oxygen atoms in total. The second-order valence-corrected chi connectivity index (χ2v) is 5.26. The van der Waals surface area contributed by atoms with Crippen LogP contribution in [-0.2, 0) is 17.4 Å². The molecule has 2 aromatic carbocycles. The zero-order valence-electron chi connectivity index (χ0n) is 13.1. The van der Waals surface area contributed by atoms with Gasteiger partial charge in [-0.2, -0.15) is 0 Å². The smallest absolute Gasteiger partial charge is 1.00 e. The quantitative estimate of drug-likeness (QED) is 0.493. The minimum absolute atomic E-state index is 0. The van der Waals surface area contributed by atoms with Gasteiger partial charge in [-0.3, -0.25) is 4.98 Å². The van der Waals surface area contributed by atoms with Crippen molar-refractivity contribution in [2.24, 2.45) is 0 Å². The average molecular weight is 371 g/mol. The summed E-state index contributed by atoms with van der Waals surface area (Å²) in [5.41, 5.74) is 9.28. The maximum Gasteiger partial charge on any atom is 3.00 e. The largest absolute Gasteiger partial charge is 3.00 e. The van der Waals surface area contributed by atoms with Gasteiger partial charge in [0.05, 0.1) is 0 Å². The van der Waals surface area contributed by atoms with Crippen molar-refractivity contribution in [2.45, 2.75) is 27.7 Å². The van der Waals surface area contributed by atoms with E-state index in [0.717, 1.165) is 5.52 Å². The number of nitrogens with zero attached hydrogens (tertiary/aromatic N) is 1.